The predicted octanol–water partition coefficient (Wildman–Crippen LogP) is 2.84. The highest BCUT2D eigenvalue weighted by molar-refractivity contribution is 6.35. The van der Waals surface area contributed by atoms with E-state index in [1.165, 1.54) is 0 Å². The minimum absolute atomic E-state index is 0. The molecule has 2 rings (SSSR count). The lowest BCUT2D eigenvalue weighted by atomic mass is 10.1. The monoisotopic (exact) mass is 366 g/mol. The van der Waals surface area contributed by atoms with E-state index >= 15 is 0 Å². The number of morpholine rings is 1. The first-order valence-electron chi connectivity index (χ1n) is 7.06. The zero-order valence-electron chi connectivity index (χ0n) is 12.6. The van der Waals surface area contributed by atoms with Gasteiger partial charge in [-0.2, -0.15) is 0 Å². The third-order valence-electron chi connectivity index (χ3n) is 3.53. The molecule has 0 aromatic heterocycles. The van der Waals surface area contributed by atoms with Crippen molar-refractivity contribution < 1.29 is 9.53 Å². The standard InChI is InChI=1S/C15H20Cl2N2O2.ClH/c1-9(7-11-3-4-12(16)8-13(11)17)19-15(20)14-10(2)21-6-5-18-14;/h3-4,8-10,14,18H,5-7H2,1-2H3,(H,19,20);1H/t9?,10-,14+;/m1./s1. The fraction of sp³-hybridized carbons (Fsp3) is 0.533. The molecule has 0 aliphatic carbocycles. The van der Waals surface area contributed by atoms with Crippen molar-refractivity contribution in [2.45, 2.75) is 38.5 Å². The molecule has 124 valence electrons. The molecule has 22 heavy (non-hydrogen) atoms. The van der Waals surface area contributed by atoms with Gasteiger partial charge in [-0.25, -0.2) is 0 Å². The van der Waals surface area contributed by atoms with Crippen LogP contribution in [0.25, 0.3) is 0 Å². The number of amides is 1. The van der Waals surface area contributed by atoms with E-state index in [9.17, 15) is 4.79 Å². The zero-order chi connectivity index (χ0) is 15.4. The molecule has 1 unspecified atom stereocenters. The van der Waals surface area contributed by atoms with Gasteiger partial charge in [0, 0.05) is 22.6 Å². The molecule has 1 aromatic rings. The molecule has 3 atom stereocenters. The van der Waals surface area contributed by atoms with Gasteiger partial charge >= 0.3 is 0 Å². The Labute approximate surface area is 147 Å². The topological polar surface area (TPSA) is 50.4 Å². The average Bonchev–Trinajstić information content (AvgIpc) is 2.42. The molecule has 0 spiro atoms. The summed E-state index contributed by atoms with van der Waals surface area (Å²) in [5.41, 5.74) is 0.967. The number of hydrogen-bond donors (Lipinski definition) is 2. The van der Waals surface area contributed by atoms with Crippen molar-refractivity contribution in [3.8, 4) is 0 Å². The molecule has 1 fully saturated rings. The van der Waals surface area contributed by atoms with Crippen LogP contribution in [-0.4, -0.2) is 37.2 Å². The summed E-state index contributed by atoms with van der Waals surface area (Å²) in [6, 6.07) is 5.08. The van der Waals surface area contributed by atoms with E-state index in [0.29, 0.717) is 29.6 Å². The fourth-order valence-corrected chi connectivity index (χ4v) is 2.91. The number of nitrogens with one attached hydrogen (secondary N) is 2. The van der Waals surface area contributed by atoms with Gasteiger partial charge in [0.15, 0.2) is 0 Å². The van der Waals surface area contributed by atoms with Gasteiger partial charge in [0.1, 0.15) is 6.04 Å². The van der Waals surface area contributed by atoms with E-state index in [4.69, 9.17) is 27.9 Å². The summed E-state index contributed by atoms with van der Waals surface area (Å²) in [6.07, 6.45) is 0.536. The maximum Gasteiger partial charge on any atom is 0.240 e. The van der Waals surface area contributed by atoms with Crippen LogP contribution in [0.1, 0.15) is 19.4 Å². The van der Waals surface area contributed by atoms with Crippen molar-refractivity contribution in [1.29, 1.82) is 0 Å². The highest BCUT2D eigenvalue weighted by Gasteiger charge is 2.28. The Morgan fingerprint density at radius 2 is 2.23 bits per heavy atom. The molecule has 4 nitrogen and oxygen atoms in total. The van der Waals surface area contributed by atoms with Crippen LogP contribution in [0.2, 0.25) is 10.0 Å². The minimum Gasteiger partial charge on any atom is -0.375 e. The quantitative estimate of drug-likeness (QED) is 0.860. The number of ether oxygens (including phenoxy) is 1. The molecule has 1 aliphatic heterocycles. The van der Waals surface area contributed by atoms with Crippen molar-refractivity contribution in [3.05, 3.63) is 33.8 Å². The smallest absolute Gasteiger partial charge is 0.240 e. The van der Waals surface area contributed by atoms with Crippen LogP contribution in [0.4, 0.5) is 0 Å². The van der Waals surface area contributed by atoms with Crippen LogP contribution in [0.5, 0.6) is 0 Å². The summed E-state index contributed by atoms with van der Waals surface area (Å²) in [6.45, 7) is 5.19. The van der Waals surface area contributed by atoms with E-state index in [2.05, 4.69) is 10.6 Å². The number of halogens is 3. The van der Waals surface area contributed by atoms with Crippen LogP contribution < -0.4 is 10.6 Å². The summed E-state index contributed by atoms with van der Waals surface area (Å²) in [4.78, 5) is 12.2. The normalized spacial score (nSPS) is 22.5. The zero-order valence-corrected chi connectivity index (χ0v) is 14.9. The number of carbonyl (C=O) groups excluding carboxylic acids is 1. The van der Waals surface area contributed by atoms with Crippen molar-refractivity contribution in [3.63, 3.8) is 0 Å². The summed E-state index contributed by atoms with van der Waals surface area (Å²) >= 11 is 12.0. The van der Waals surface area contributed by atoms with E-state index in [1.54, 1.807) is 12.1 Å². The van der Waals surface area contributed by atoms with E-state index in [-0.39, 0.29) is 36.5 Å². The Morgan fingerprint density at radius 1 is 1.50 bits per heavy atom. The maximum absolute atomic E-state index is 12.2. The molecular weight excluding hydrogens is 347 g/mol. The lowest BCUT2D eigenvalue weighted by molar-refractivity contribution is -0.129. The predicted molar refractivity (Wildman–Crippen MR) is 92.2 cm³/mol. The van der Waals surface area contributed by atoms with Gasteiger partial charge < -0.3 is 15.4 Å². The van der Waals surface area contributed by atoms with Gasteiger partial charge in [-0.15, -0.1) is 12.4 Å². The van der Waals surface area contributed by atoms with Crippen LogP contribution in [0.15, 0.2) is 18.2 Å². The number of carbonyl (C=O) groups is 1. The molecule has 1 aliphatic rings. The highest BCUT2D eigenvalue weighted by Crippen LogP contribution is 2.22. The molecule has 1 amide bonds. The first-order valence-corrected chi connectivity index (χ1v) is 7.82. The Hall–Kier alpha value is -0.520. The van der Waals surface area contributed by atoms with Crippen LogP contribution in [0.3, 0.4) is 0 Å². The highest BCUT2D eigenvalue weighted by atomic mass is 35.5. The fourth-order valence-electron chi connectivity index (χ4n) is 2.43. The molecule has 1 heterocycles. The van der Waals surface area contributed by atoms with Gasteiger partial charge in [0.05, 0.1) is 12.7 Å². The molecular formula is C15H21Cl3N2O2. The van der Waals surface area contributed by atoms with Gasteiger partial charge in [-0.05, 0) is 38.0 Å². The van der Waals surface area contributed by atoms with Crippen LogP contribution in [-0.2, 0) is 16.0 Å². The molecule has 2 N–H and O–H groups in total. The lowest BCUT2D eigenvalue weighted by Crippen LogP contribution is -2.56. The third-order valence-corrected chi connectivity index (χ3v) is 4.12. The first-order chi connectivity index (χ1) is 9.97. The molecule has 1 saturated heterocycles. The summed E-state index contributed by atoms with van der Waals surface area (Å²) in [7, 11) is 0. The molecule has 0 saturated carbocycles. The Kier molecular flexibility index (Phi) is 7.94. The van der Waals surface area contributed by atoms with Crippen LogP contribution in [0, 0.1) is 0 Å². The summed E-state index contributed by atoms with van der Waals surface area (Å²) < 4.78 is 5.48. The molecule has 0 radical (unpaired) electrons. The van der Waals surface area contributed by atoms with Crippen molar-refractivity contribution in [2.75, 3.05) is 13.2 Å². The van der Waals surface area contributed by atoms with Gasteiger partial charge in [-0.3, -0.25) is 4.79 Å². The number of rotatable bonds is 4. The second-order valence-electron chi connectivity index (χ2n) is 5.36. The largest absolute Gasteiger partial charge is 0.375 e. The maximum atomic E-state index is 12.2. The minimum atomic E-state index is -0.304. The third kappa shape index (κ3) is 5.28. The first kappa shape index (κ1) is 19.5. The molecule has 7 heteroatoms. The van der Waals surface area contributed by atoms with E-state index in [0.717, 1.165) is 5.56 Å². The van der Waals surface area contributed by atoms with Gasteiger partial charge in [-0.1, -0.05) is 29.3 Å². The van der Waals surface area contributed by atoms with E-state index in [1.807, 2.05) is 19.9 Å². The average molecular weight is 368 g/mol. The molecule has 1 aromatic carbocycles. The Morgan fingerprint density at radius 3 is 2.86 bits per heavy atom. The summed E-state index contributed by atoms with van der Waals surface area (Å²) in [5, 5.41) is 7.40. The number of hydrogen-bond acceptors (Lipinski definition) is 3. The van der Waals surface area contributed by atoms with E-state index < -0.39 is 0 Å². The van der Waals surface area contributed by atoms with Crippen molar-refractivity contribution >= 4 is 41.5 Å². The SMILES string of the molecule is CC(Cc1ccc(Cl)cc1Cl)NC(=O)[C@H]1NCCO[C@@H]1C.Cl. The lowest BCUT2D eigenvalue weighted by Gasteiger charge is -2.30. The second-order valence-corrected chi connectivity index (χ2v) is 6.20. The molecule has 0 bridgehead atoms. The van der Waals surface area contributed by atoms with Crippen molar-refractivity contribution in [2.24, 2.45) is 0 Å². The Balaban J connectivity index is 0.00000242. The second kappa shape index (κ2) is 8.94. The van der Waals surface area contributed by atoms with Crippen LogP contribution >= 0.6 is 35.6 Å². The Bertz CT molecular complexity index is 514. The van der Waals surface area contributed by atoms with Crippen molar-refractivity contribution in [1.82, 2.24) is 10.6 Å². The van der Waals surface area contributed by atoms with Gasteiger partial charge in [0.25, 0.3) is 0 Å². The summed E-state index contributed by atoms with van der Waals surface area (Å²) in [5.74, 6) is -0.0419. The number of benzene rings is 1. The van der Waals surface area contributed by atoms with Gasteiger partial charge in [0.2, 0.25) is 5.91 Å².